The number of fused-ring (bicyclic) bond motifs is 1. The first-order valence-electron chi connectivity index (χ1n) is 5.39. The van der Waals surface area contributed by atoms with E-state index in [2.05, 4.69) is 0 Å². The van der Waals surface area contributed by atoms with Gasteiger partial charge in [0.1, 0.15) is 5.82 Å². The lowest BCUT2D eigenvalue weighted by Gasteiger charge is -2.27. The zero-order valence-electron chi connectivity index (χ0n) is 9.48. The molecular formula is C12H14FNO3. The van der Waals surface area contributed by atoms with Crippen molar-refractivity contribution in [2.45, 2.75) is 18.9 Å². The van der Waals surface area contributed by atoms with Crippen LogP contribution in [0.5, 0.6) is 0 Å². The molecule has 0 saturated heterocycles. The number of aliphatic hydroxyl groups is 1. The van der Waals surface area contributed by atoms with Gasteiger partial charge >= 0.3 is 5.97 Å². The molecule has 17 heavy (non-hydrogen) atoms. The number of β-amino-alcohol motifs (C(OH)–C–C–N with tert-alkyl or cyclic N) is 1. The molecular weight excluding hydrogens is 225 g/mol. The quantitative estimate of drug-likeness (QED) is 0.827. The summed E-state index contributed by atoms with van der Waals surface area (Å²) in [5.41, 5.74) is -0.174. The zero-order chi connectivity index (χ0) is 12.6. The highest BCUT2D eigenvalue weighted by Crippen LogP contribution is 2.29. The van der Waals surface area contributed by atoms with Crippen molar-refractivity contribution in [3.63, 3.8) is 0 Å². The van der Waals surface area contributed by atoms with Crippen LogP contribution >= 0.6 is 0 Å². The molecule has 5 heteroatoms. The Bertz CT molecular complexity index is 459. The second kappa shape index (κ2) is 4.00. The summed E-state index contributed by atoms with van der Waals surface area (Å²) in [7, 11) is 0. The van der Waals surface area contributed by atoms with E-state index in [4.69, 9.17) is 5.11 Å². The number of rotatable bonds is 3. The third-order valence-corrected chi connectivity index (χ3v) is 3.00. The van der Waals surface area contributed by atoms with Crippen LogP contribution in [0.2, 0.25) is 0 Å². The van der Waals surface area contributed by atoms with Crippen LogP contribution in [0.25, 0.3) is 0 Å². The predicted molar refractivity (Wildman–Crippen MR) is 60.6 cm³/mol. The molecule has 0 spiro atoms. The number of hydrogen-bond acceptors (Lipinski definition) is 3. The van der Waals surface area contributed by atoms with Gasteiger partial charge in [-0.2, -0.15) is 0 Å². The van der Waals surface area contributed by atoms with Crippen LogP contribution in [0.4, 0.5) is 10.1 Å². The molecule has 0 amide bonds. The number of anilines is 1. The summed E-state index contributed by atoms with van der Waals surface area (Å²) in [5.74, 6) is -1.63. The van der Waals surface area contributed by atoms with Gasteiger partial charge in [-0.15, -0.1) is 0 Å². The smallest absolute Gasteiger partial charge is 0.337 e. The van der Waals surface area contributed by atoms with Gasteiger partial charge in [-0.1, -0.05) is 6.07 Å². The van der Waals surface area contributed by atoms with Gasteiger partial charge in [0.25, 0.3) is 0 Å². The minimum Gasteiger partial charge on any atom is -0.479 e. The van der Waals surface area contributed by atoms with Crippen LogP contribution in [-0.4, -0.2) is 34.9 Å². The van der Waals surface area contributed by atoms with E-state index in [1.807, 2.05) is 0 Å². The molecule has 2 N–H and O–H groups in total. The maximum atomic E-state index is 13.1. The van der Waals surface area contributed by atoms with Gasteiger partial charge in [-0.05, 0) is 31.0 Å². The van der Waals surface area contributed by atoms with E-state index in [-0.39, 0.29) is 12.4 Å². The molecule has 0 bridgehead atoms. The Morgan fingerprint density at radius 3 is 2.94 bits per heavy atom. The fraction of sp³-hybridized carbons (Fsp3) is 0.417. The summed E-state index contributed by atoms with van der Waals surface area (Å²) in [5, 5.41) is 18.6. The SMILES string of the molecule is CC(O)(CN1CCc2ccc(F)cc21)C(=O)O. The molecule has 1 aromatic rings. The van der Waals surface area contributed by atoms with Gasteiger partial charge in [0, 0.05) is 12.2 Å². The number of hydrogen-bond donors (Lipinski definition) is 2. The van der Waals surface area contributed by atoms with Crippen molar-refractivity contribution in [2.24, 2.45) is 0 Å². The van der Waals surface area contributed by atoms with Crippen LogP contribution in [0.3, 0.4) is 0 Å². The Morgan fingerprint density at radius 1 is 1.59 bits per heavy atom. The zero-order valence-corrected chi connectivity index (χ0v) is 9.48. The molecule has 92 valence electrons. The van der Waals surface area contributed by atoms with Gasteiger partial charge in [0.05, 0.1) is 6.54 Å². The number of carboxylic acids is 1. The van der Waals surface area contributed by atoms with Crippen LogP contribution in [-0.2, 0) is 11.2 Å². The first-order chi connectivity index (χ1) is 7.90. The summed E-state index contributed by atoms with van der Waals surface area (Å²) >= 11 is 0. The van der Waals surface area contributed by atoms with Crippen molar-refractivity contribution in [3.8, 4) is 0 Å². The molecule has 2 rings (SSSR count). The molecule has 0 radical (unpaired) electrons. The van der Waals surface area contributed by atoms with Crippen molar-refractivity contribution >= 4 is 11.7 Å². The maximum absolute atomic E-state index is 13.1. The summed E-state index contributed by atoms with van der Waals surface area (Å²) in [6.45, 7) is 1.80. The van der Waals surface area contributed by atoms with Crippen molar-refractivity contribution in [3.05, 3.63) is 29.6 Å². The molecule has 1 heterocycles. The van der Waals surface area contributed by atoms with Gasteiger partial charge < -0.3 is 15.1 Å². The predicted octanol–water partition coefficient (Wildman–Crippen LogP) is 1.02. The Balaban J connectivity index is 2.23. The fourth-order valence-corrected chi connectivity index (χ4v) is 2.02. The van der Waals surface area contributed by atoms with Gasteiger partial charge in [0.2, 0.25) is 0 Å². The number of nitrogens with zero attached hydrogens (tertiary/aromatic N) is 1. The van der Waals surface area contributed by atoms with Gasteiger partial charge in [0.15, 0.2) is 5.60 Å². The summed E-state index contributed by atoms with van der Waals surface area (Å²) in [4.78, 5) is 12.5. The highest BCUT2D eigenvalue weighted by molar-refractivity contribution is 5.78. The molecule has 1 aliphatic heterocycles. The van der Waals surface area contributed by atoms with Crippen LogP contribution in [0.1, 0.15) is 12.5 Å². The molecule has 4 nitrogen and oxygen atoms in total. The van der Waals surface area contributed by atoms with E-state index in [0.717, 1.165) is 12.0 Å². The molecule has 1 aliphatic rings. The van der Waals surface area contributed by atoms with Crippen LogP contribution in [0.15, 0.2) is 18.2 Å². The number of benzene rings is 1. The highest BCUT2D eigenvalue weighted by atomic mass is 19.1. The third kappa shape index (κ3) is 2.24. The minimum atomic E-state index is -1.83. The normalized spacial score (nSPS) is 17.7. The molecule has 1 unspecified atom stereocenters. The van der Waals surface area contributed by atoms with Crippen LogP contribution in [0, 0.1) is 5.82 Å². The lowest BCUT2D eigenvalue weighted by atomic mass is 10.1. The topological polar surface area (TPSA) is 60.8 Å². The van der Waals surface area contributed by atoms with E-state index in [0.29, 0.717) is 12.2 Å². The van der Waals surface area contributed by atoms with Crippen molar-refractivity contribution in [1.82, 2.24) is 0 Å². The molecule has 0 aliphatic carbocycles. The van der Waals surface area contributed by atoms with Gasteiger partial charge in [-0.3, -0.25) is 0 Å². The first-order valence-corrected chi connectivity index (χ1v) is 5.39. The van der Waals surface area contributed by atoms with E-state index in [1.54, 1.807) is 11.0 Å². The minimum absolute atomic E-state index is 0.0429. The lowest BCUT2D eigenvalue weighted by molar-refractivity contribution is -0.155. The first kappa shape index (κ1) is 11.9. The van der Waals surface area contributed by atoms with Crippen molar-refractivity contribution < 1.29 is 19.4 Å². The monoisotopic (exact) mass is 239 g/mol. The standard InChI is InChI=1S/C12H14FNO3/c1-12(17,11(15)16)7-14-5-4-8-2-3-9(13)6-10(8)14/h2-3,6,17H,4-5,7H2,1H3,(H,15,16). The number of halogens is 1. The average molecular weight is 239 g/mol. The van der Waals surface area contributed by atoms with Crippen LogP contribution < -0.4 is 4.90 Å². The number of carbonyl (C=O) groups is 1. The Labute approximate surface area is 98.3 Å². The molecule has 1 atom stereocenters. The summed E-state index contributed by atoms with van der Waals surface area (Å²) in [6.07, 6.45) is 0.741. The molecule has 0 fully saturated rings. The summed E-state index contributed by atoms with van der Waals surface area (Å²) < 4.78 is 13.1. The van der Waals surface area contributed by atoms with Crippen molar-refractivity contribution in [2.75, 3.05) is 18.0 Å². The third-order valence-electron chi connectivity index (χ3n) is 3.00. The molecule has 1 aromatic carbocycles. The lowest BCUT2D eigenvalue weighted by Crippen LogP contribution is -2.46. The second-order valence-corrected chi connectivity index (χ2v) is 4.52. The van der Waals surface area contributed by atoms with E-state index in [9.17, 15) is 14.3 Å². The van der Waals surface area contributed by atoms with E-state index in [1.165, 1.54) is 19.1 Å². The number of aliphatic carboxylic acids is 1. The highest BCUT2D eigenvalue weighted by Gasteiger charge is 2.34. The Hall–Kier alpha value is -1.62. The largest absolute Gasteiger partial charge is 0.479 e. The van der Waals surface area contributed by atoms with E-state index < -0.39 is 11.6 Å². The van der Waals surface area contributed by atoms with Crippen molar-refractivity contribution in [1.29, 1.82) is 0 Å². The van der Waals surface area contributed by atoms with E-state index >= 15 is 0 Å². The molecule has 0 aromatic heterocycles. The average Bonchev–Trinajstić information content (AvgIpc) is 2.60. The Kier molecular flexibility index (Phi) is 2.79. The van der Waals surface area contributed by atoms with Gasteiger partial charge in [-0.25, -0.2) is 9.18 Å². The number of carboxylic acid groups (broad SMARTS) is 1. The fourth-order valence-electron chi connectivity index (χ4n) is 2.02. The summed E-state index contributed by atoms with van der Waals surface area (Å²) in [6, 6.07) is 4.46. The Morgan fingerprint density at radius 2 is 2.29 bits per heavy atom. The second-order valence-electron chi connectivity index (χ2n) is 4.52. The molecule has 0 saturated carbocycles. The maximum Gasteiger partial charge on any atom is 0.337 e.